The van der Waals surface area contributed by atoms with Gasteiger partial charge in [0.2, 0.25) is 0 Å². The van der Waals surface area contributed by atoms with Gasteiger partial charge in [-0.1, -0.05) is 12.1 Å². The van der Waals surface area contributed by atoms with Gasteiger partial charge >= 0.3 is 57.8 Å². The largest absolute Gasteiger partial charge is 0 e. The molecule has 15 nitrogen and oxygen atoms in total. The minimum absolute atomic E-state index is 0. The van der Waals surface area contributed by atoms with Crippen LogP contribution in [-0.2, 0) is 71.3 Å². The fraction of sp³-hybridized carbons (Fsp3) is 0.414. The number of carboxylic acids is 1. The van der Waals surface area contributed by atoms with Crippen molar-refractivity contribution < 1.29 is 85.1 Å². The molecular formula is C29H35BrN5O10Re-. The predicted molar refractivity (Wildman–Crippen MR) is 148 cm³/mol. The standard InChI is InChI=1S/C26H35N5O7.3CO.BrH.Re/c1-3-37-23(32)12-11-22(25(35)38-4-2)30-26(36)29-21(24(33)34)13-16-31(17-19-9-5-7-14-27-19)18-20-10-6-8-15-28-20;3*1-2;;/h5-10,14-15,21-22H,3-4,11-13,16-18H2,1-2H3,(H,33,34)(H2,29,30,36);;;;1H;/p-1/t21-,22-;;;;;/m0...../s1. The molecular weight excluding hydrogens is 844 g/mol. The third-order valence-electron chi connectivity index (χ3n) is 5.38. The Kier molecular flexibility index (Phi) is 35.0. The Morgan fingerprint density at radius 3 is 1.72 bits per heavy atom. The number of esters is 2. The predicted octanol–water partition coefficient (Wildman–Crippen LogP) is -1.21. The maximum atomic E-state index is 12.6. The zero-order valence-electron chi connectivity index (χ0n) is 25.1. The number of ether oxygens (including phenoxy) is 2. The molecule has 1 radical (unpaired) electrons. The van der Waals surface area contributed by atoms with Gasteiger partial charge in [0, 0.05) is 58.9 Å². The van der Waals surface area contributed by atoms with Crippen LogP contribution in [0.5, 0.6) is 0 Å². The van der Waals surface area contributed by atoms with Crippen LogP contribution in [-0.4, -0.2) is 75.8 Å². The van der Waals surface area contributed by atoms with Gasteiger partial charge in [0.15, 0.2) is 0 Å². The zero-order valence-corrected chi connectivity index (χ0v) is 29.5. The molecule has 2 heterocycles. The van der Waals surface area contributed by atoms with E-state index < -0.39 is 36.0 Å². The second kappa shape index (κ2) is 32.7. The minimum atomic E-state index is -1.24. The van der Waals surface area contributed by atoms with Gasteiger partial charge in [0.05, 0.1) is 24.6 Å². The van der Waals surface area contributed by atoms with Crippen molar-refractivity contribution in [2.75, 3.05) is 19.8 Å². The number of carbonyl (C=O) groups is 4. The van der Waals surface area contributed by atoms with E-state index in [0.717, 1.165) is 11.4 Å². The second-order valence-corrected chi connectivity index (χ2v) is 8.30. The number of urea groups is 1. The van der Waals surface area contributed by atoms with Crippen molar-refractivity contribution in [3.05, 3.63) is 80.1 Å². The smallest absolute Gasteiger partial charge is 0 e. The summed E-state index contributed by atoms with van der Waals surface area (Å²) in [4.78, 5) is 59.2. The number of carbonyl (C=O) groups excluding carboxylic acids is 3. The van der Waals surface area contributed by atoms with Crippen molar-refractivity contribution in [3.63, 3.8) is 0 Å². The first-order valence-corrected chi connectivity index (χ1v) is 13.1. The fourth-order valence-electron chi connectivity index (χ4n) is 3.57. The number of aliphatic carboxylic acids is 1. The van der Waals surface area contributed by atoms with Gasteiger partial charge in [0.1, 0.15) is 12.1 Å². The van der Waals surface area contributed by atoms with Crippen LogP contribution in [0, 0.1) is 20.0 Å². The first-order valence-electron chi connectivity index (χ1n) is 13.1. The van der Waals surface area contributed by atoms with E-state index in [1.54, 1.807) is 26.2 Å². The number of nitrogens with one attached hydrogen (secondary N) is 2. The summed E-state index contributed by atoms with van der Waals surface area (Å²) >= 11 is 0. The van der Waals surface area contributed by atoms with Gasteiger partial charge in [-0.25, -0.2) is 14.4 Å². The van der Waals surface area contributed by atoms with Crippen molar-refractivity contribution >= 4 is 23.9 Å². The summed E-state index contributed by atoms with van der Waals surface area (Å²) in [5, 5.41) is 14.6. The van der Waals surface area contributed by atoms with E-state index in [1.807, 2.05) is 41.3 Å². The van der Waals surface area contributed by atoms with E-state index in [9.17, 15) is 24.3 Å². The molecule has 17 heteroatoms. The summed E-state index contributed by atoms with van der Waals surface area (Å²) < 4.78 is 32.3. The molecule has 2 amide bonds. The third-order valence-corrected chi connectivity index (χ3v) is 5.38. The second-order valence-electron chi connectivity index (χ2n) is 8.30. The van der Waals surface area contributed by atoms with Gasteiger partial charge in [-0.3, -0.25) is 19.7 Å². The molecule has 0 aromatic carbocycles. The maximum absolute atomic E-state index is 12.6. The van der Waals surface area contributed by atoms with Crippen LogP contribution in [0.15, 0.2) is 48.8 Å². The zero-order chi connectivity index (χ0) is 33.8. The van der Waals surface area contributed by atoms with Crippen LogP contribution in [0.25, 0.3) is 0 Å². The summed E-state index contributed by atoms with van der Waals surface area (Å²) in [5.74, 6) is -2.47. The topological polar surface area (TPSA) is 220 Å². The molecule has 46 heavy (non-hydrogen) atoms. The van der Waals surface area contributed by atoms with E-state index in [-0.39, 0.29) is 69.9 Å². The van der Waals surface area contributed by atoms with E-state index in [2.05, 4.69) is 40.6 Å². The van der Waals surface area contributed by atoms with E-state index in [0.29, 0.717) is 19.6 Å². The molecule has 0 saturated carbocycles. The Bertz CT molecular complexity index is 1120. The Labute approximate surface area is 291 Å². The van der Waals surface area contributed by atoms with Crippen LogP contribution in [0.2, 0.25) is 0 Å². The Balaban J connectivity index is -0.00000104. The van der Waals surface area contributed by atoms with Crippen LogP contribution < -0.4 is 27.6 Å². The summed E-state index contributed by atoms with van der Waals surface area (Å²) in [6.45, 7) is 18.3. The number of amides is 2. The van der Waals surface area contributed by atoms with Crippen molar-refractivity contribution in [1.82, 2.24) is 25.5 Å². The van der Waals surface area contributed by atoms with E-state index >= 15 is 0 Å². The number of pyridine rings is 2. The Hall–Kier alpha value is -3.70. The van der Waals surface area contributed by atoms with Crippen LogP contribution >= 0.6 is 0 Å². The van der Waals surface area contributed by atoms with Gasteiger partial charge in [0.25, 0.3) is 0 Å². The molecule has 0 aliphatic rings. The summed E-state index contributed by atoms with van der Waals surface area (Å²) in [6, 6.07) is 7.87. The van der Waals surface area contributed by atoms with Crippen molar-refractivity contribution in [1.29, 1.82) is 0 Å². The molecule has 0 fully saturated rings. The average molecular weight is 880 g/mol. The molecule has 0 aliphatic carbocycles. The number of carboxylic acid groups (broad SMARTS) is 1. The number of aromatic nitrogens is 2. The molecule has 2 aromatic rings. The average Bonchev–Trinajstić information content (AvgIpc) is 3.05. The molecule has 0 saturated heterocycles. The maximum Gasteiger partial charge on any atom is 0 e. The van der Waals surface area contributed by atoms with Gasteiger partial charge in [-0.2, -0.15) is 0 Å². The monoisotopic (exact) mass is 879 g/mol. The molecule has 0 bridgehead atoms. The summed E-state index contributed by atoms with van der Waals surface area (Å²) in [7, 11) is 0. The molecule has 251 valence electrons. The molecule has 2 atom stereocenters. The van der Waals surface area contributed by atoms with Crippen LogP contribution in [0.3, 0.4) is 0 Å². The number of halogens is 1. The fourth-order valence-corrected chi connectivity index (χ4v) is 3.57. The van der Waals surface area contributed by atoms with Gasteiger partial charge in [-0.05, 0) is 51.0 Å². The SMILES string of the molecule is CCOC(=O)CC[C@H](NC(=O)N[C@@H](CCN(Cc1ccccn1)Cc1ccccn1)C(=O)O)C(=O)OCC.[Br-].[C-]#[O+].[C-]#[O+].[C-]#[O+].[Re]. The van der Waals surface area contributed by atoms with Crippen molar-refractivity contribution in [2.45, 2.75) is 58.3 Å². The molecule has 0 unspecified atom stereocenters. The number of hydrogen-bond acceptors (Lipinski definition) is 9. The van der Waals surface area contributed by atoms with Crippen molar-refractivity contribution in [2.24, 2.45) is 0 Å². The first-order chi connectivity index (χ1) is 21.3. The third kappa shape index (κ3) is 22.8. The van der Waals surface area contributed by atoms with E-state index in [4.69, 9.17) is 23.4 Å². The van der Waals surface area contributed by atoms with Crippen LogP contribution in [0.4, 0.5) is 4.79 Å². The molecule has 0 aliphatic heterocycles. The van der Waals surface area contributed by atoms with Gasteiger partial charge < -0.3 is 42.2 Å². The van der Waals surface area contributed by atoms with Gasteiger partial charge in [-0.15, -0.1) is 0 Å². The Morgan fingerprint density at radius 1 is 0.826 bits per heavy atom. The minimum Gasteiger partial charge on any atom is 0 e. The first kappa shape index (κ1) is 49.2. The summed E-state index contributed by atoms with van der Waals surface area (Å²) in [6.07, 6.45) is 3.28. The van der Waals surface area contributed by atoms with Crippen LogP contribution in [0.1, 0.15) is 44.5 Å². The quantitative estimate of drug-likeness (QED) is 0.104. The molecule has 2 aromatic heterocycles. The Morgan fingerprint density at radius 2 is 1.30 bits per heavy atom. The number of hydrogen-bond donors (Lipinski definition) is 3. The number of rotatable bonds is 16. The van der Waals surface area contributed by atoms with Crippen molar-refractivity contribution in [3.8, 4) is 0 Å². The molecule has 2 rings (SSSR count). The summed E-state index contributed by atoms with van der Waals surface area (Å²) in [5.41, 5.74) is 1.61. The molecule has 0 spiro atoms. The normalized spacial score (nSPS) is 10.3. The molecule has 3 N–H and O–H groups in total. The van der Waals surface area contributed by atoms with E-state index in [1.165, 1.54) is 0 Å². The number of nitrogens with zero attached hydrogens (tertiary/aromatic N) is 3.